The summed E-state index contributed by atoms with van der Waals surface area (Å²) in [7, 11) is 0. The lowest BCUT2D eigenvalue weighted by molar-refractivity contribution is 0.666. The van der Waals surface area contributed by atoms with Crippen LogP contribution in [0.5, 0.6) is 0 Å². The van der Waals surface area contributed by atoms with E-state index in [2.05, 4.69) is 211 Å². The molecule has 290 valence electrons. The van der Waals surface area contributed by atoms with E-state index in [1.165, 1.54) is 21.9 Å². The second-order valence-electron chi connectivity index (χ2n) is 15.7. The smallest absolute Gasteiger partial charge is 0.160 e. The first-order chi connectivity index (χ1) is 30.8. The lowest BCUT2D eigenvalue weighted by Crippen LogP contribution is -2.01. The van der Waals surface area contributed by atoms with Crippen molar-refractivity contribution in [3.8, 4) is 73.0 Å². The zero-order valence-electron chi connectivity index (χ0n) is 33.6. The third-order valence-electron chi connectivity index (χ3n) is 12.0. The molecule has 0 bridgehead atoms. The van der Waals surface area contributed by atoms with Gasteiger partial charge in [0, 0.05) is 43.8 Å². The van der Waals surface area contributed by atoms with Crippen LogP contribution in [-0.2, 0) is 0 Å². The van der Waals surface area contributed by atoms with E-state index in [0.717, 1.165) is 89.0 Å². The molecular weight excluding hydrogens is 755 g/mol. The molecule has 0 radical (unpaired) electrons. The standard InChI is InChI=1S/C58H37N3O/c1-6-19-38(20-7-1)43-33-34-50-47(35-43)45-29-16-17-31-49(45)61(50)51-32-18-30-46-53-48(36-44(37-52(53)62-57(46)51)39-21-8-2-9-22-39)54-55(40-23-10-3-11-24-40)59-58(42-27-14-5-15-28-42)60-56(54)41-25-12-4-13-26-41/h1-37H. The Morgan fingerprint density at radius 1 is 0.355 bits per heavy atom. The molecule has 12 aromatic rings. The highest BCUT2D eigenvalue weighted by Crippen LogP contribution is 2.48. The Hall–Kier alpha value is -8.34. The van der Waals surface area contributed by atoms with E-state index in [0.29, 0.717) is 5.82 Å². The van der Waals surface area contributed by atoms with Gasteiger partial charge in [0.2, 0.25) is 0 Å². The molecule has 0 fully saturated rings. The fourth-order valence-electron chi connectivity index (χ4n) is 9.17. The van der Waals surface area contributed by atoms with Gasteiger partial charge in [0.25, 0.3) is 0 Å². The predicted molar refractivity (Wildman–Crippen MR) is 256 cm³/mol. The molecule has 0 aliphatic carbocycles. The fourth-order valence-corrected chi connectivity index (χ4v) is 9.17. The highest BCUT2D eigenvalue weighted by Gasteiger charge is 2.26. The molecule has 9 aromatic carbocycles. The van der Waals surface area contributed by atoms with Crippen LogP contribution in [0.4, 0.5) is 0 Å². The summed E-state index contributed by atoms with van der Waals surface area (Å²) in [5, 5.41) is 4.41. The SMILES string of the molecule is c1ccc(-c2cc(-c3c(-c4ccccc4)nc(-c4ccccc4)nc3-c3ccccc3)c3c(c2)oc2c(-n4c5ccccc5c5cc(-c6ccccc6)ccc54)cccc23)cc1. The fraction of sp³-hybridized carbons (Fsp3) is 0. The topological polar surface area (TPSA) is 43.9 Å². The Morgan fingerprint density at radius 2 is 0.871 bits per heavy atom. The van der Waals surface area contributed by atoms with Crippen LogP contribution in [-0.4, -0.2) is 14.5 Å². The van der Waals surface area contributed by atoms with Crippen LogP contribution >= 0.6 is 0 Å². The average Bonchev–Trinajstić information content (AvgIpc) is 3.90. The summed E-state index contributed by atoms with van der Waals surface area (Å²) in [6.45, 7) is 0. The summed E-state index contributed by atoms with van der Waals surface area (Å²) in [5.74, 6) is 0.670. The van der Waals surface area contributed by atoms with E-state index < -0.39 is 0 Å². The van der Waals surface area contributed by atoms with Crippen LogP contribution in [0.1, 0.15) is 0 Å². The van der Waals surface area contributed by atoms with E-state index in [4.69, 9.17) is 14.4 Å². The molecule has 3 heterocycles. The van der Waals surface area contributed by atoms with Crippen molar-refractivity contribution >= 4 is 43.7 Å². The molecule has 3 aromatic heterocycles. The number of hydrogen-bond acceptors (Lipinski definition) is 3. The Kier molecular flexibility index (Phi) is 8.46. The van der Waals surface area contributed by atoms with Crippen LogP contribution in [0.3, 0.4) is 0 Å². The summed E-state index contributed by atoms with van der Waals surface area (Å²) in [6, 6.07) is 78.9. The molecule has 4 heteroatoms. The molecule has 0 amide bonds. The Bertz CT molecular complexity index is 3540. The molecule has 0 spiro atoms. The number of aromatic nitrogens is 3. The van der Waals surface area contributed by atoms with E-state index in [-0.39, 0.29) is 0 Å². The molecule has 0 unspecified atom stereocenters. The number of rotatable bonds is 7. The number of furan rings is 1. The van der Waals surface area contributed by atoms with Crippen molar-refractivity contribution in [2.75, 3.05) is 0 Å². The maximum atomic E-state index is 7.25. The third-order valence-corrected chi connectivity index (χ3v) is 12.0. The summed E-state index contributed by atoms with van der Waals surface area (Å²) >= 11 is 0. The summed E-state index contributed by atoms with van der Waals surface area (Å²) in [5.41, 5.74) is 16.0. The summed E-state index contributed by atoms with van der Waals surface area (Å²) in [6.07, 6.45) is 0. The summed E-state index contributed by atoms with van der Waals surface area (Å²) < 4.78 is 9.61. The minimum Gasteiger partial charge on any atom is -0.454 e. The van der Waals surface area contributed by atoms with Crippen molar-refractivity contribution in [3.63, 3.8) is 0 Å². The molecule has 0 saturated carbocycles. The van der Waals surface area contributed by atoms with E-state index in [1.807, 2.05) is 18.2 Å². The van der Waals surface area contributed by atoms with Gasteiger partial charge in [0.15, 0.2) is 11.4 Å². The number of para-hydroxylation sites is 2. The largest absolute Gasteiger partial charge is 0.454 e. The van der Waals surface area contributed by atoms with Crippen molar-refractivity contribution in [2.45, 2.75) is 0 Å². The van der Waals surface area contributed by atoms with Gasteiger partial charge in [-0.05, 0) is 64.2 Å². The van der Waals surface area contributed by atoms with Gasteiger partial charge in [-0.3, -0.25) is 0 Å². The van der Waals surface area contributed by atoms with Crippen molar-refractivity contribution < 1.29 is 4.42 Å². The van der Waals surface area contributed by atoms with Gasteiger partial charge >= 0.3 is 0 Å². The second kappa shape index (κ2) is 14.7. The van der Waals surface area contributed by atoms with Crippen molar-refractivity contribution in [1.29, 1.82) is 0 Å². The van der Waals surface area contributed by atoms with Gasteiger partial charge in [-0.15, -0.1) is 0 Å². The molecule has 0 aliphatic heterocycles. The Labute approximate surface area is 358 Å². The molecule has 0 atom stereocenters. The summed E-state index contributed by atoms with van der Waals surface area (Å²) in [4.78, 5) is 10.9. The van der Waals surface area contributed by atoms with Crippen molar-refractivity contribution in [2.24, 2.45) is 0 Å². The molecule has 0 aliphatic rings. The van der Waals surface area contributed by atoms with Crippen LogP contribution in [0.25, 0.3) is 117 Å². The van der Waals surface area contributed by atoms with E-state index in [9.17, 15) is 0 Å². The van der Waals surface area contributed by atoms with Crippen LogP contribution in [0, 0.1) is 0 Å². The lowest BCUT2D eigenvalue weighted by atomic mass is 9.89. The van der Waals surface area contributed by atoms with Crippen molar-refractivity contribution in [1.82, 2.24) is 14.5 Å². The first-order valence-corrected chi connectivity index (χ1v) is 21.0. The third kappa shape index (κ3) is 5.92. The van der Waals surface area contributed by atoms with E-state index >= 15 is 0 Å². The Morgan fingerprint density at radius 3 is 1.50 bits per heavy atom. The second-order valence-corrected chi connectivity index (χ2v) is 15.7. The molecule has 0 N–H and O–H groups in total. The van der Waals surface area contributed by atoms with Gasteiger partial charge in [-0.25, -0.2) is 9.97 Å². The molecule has 4 nitrogen and oxygen atoms in total. The molecule has 12 rings (SSSR count). The molecular formula is C58H37N3O. The monoisotopic (exact) mass is 791 g/mol. The highest BCUT2D eigenvalue weighted by atomic mass is 16.3. The lowest BCUT2D eigenvalue weighted by Gasteiger charge is -2.18. The first-order valence-electron chi connectivity index (χ1n) is 21.0. The first kappa shape index (κ1) is 35.6. The van der Waals surface area contributed by atoms with Crippen LogP contribution in [0.15, 0.2) is 229 Å². The molecule has 62 heavy (non-hydrogen) atoms. The minimum atomic E-state index is 0.670. The zero-order valence-corrected chi connectivity index (χ0v) is 33.6. The number of nitrogens with zero attached hydrogens (tertiary/aromatic N) is 3. The van der Waals surface area contributed by atoms with Crippen LogP contribution in [0.2, 0.25) is 0 Å². The highest BCUT2D eigenvalue weighted by molar-refractivity contribution is 6.19. The quantitative estimate of drug-likeness (QED) is 0.161. The van der Waals surface area contributed by atoms with E-state index in [1.54, 1.807) is 0 Å². The minimum absolute atomic E-state index is 0.670. The average molecular weight is 792 g/mol. The van der Waals surface area contributed by atoms with Crippen molar-refractivity contribution in [3.05, 3.63) is 224 Å². The normalized spacial score (nSPS) is 11.5. The van der Waals surface area contributed by atoms with Gasteiger partial charge in [0.1, 0.15) is 5.58 Å². The number of hydrogen-bond donors (Lipinski definition) is 0. The number of benzene rings is 9. The zero-order chi connectivity index (χ0) is 41.0. The van der Waals surface area contributed by atoms with Gasteiger partial charge in [0.05, 0.1) is 28.1 Å². The van der Waals surface area contributed by atoms with Gasteiger partial charge in [-0.1, -0.05) is 188 Å². The molecule has 0 saturated heterocycles. The van der Waals surface area contributed by atoms with Gasteiger partial charge in [-0.2, -0.15) is 0 Å². The Balaban J connectivity index is 1.19. The predicted octanol–water partition coefficient (Wildman–Crippen LogP) is 15.5. The maximum Gasteiger partial charge on any atom is 0.160 e. The number of fused-ring (bicyclic) bond motifs is 6. The van der Waals surface area contributed by atoms with Gasteiger partial charge < -0.3 is 8.98 Å². The van der Waals surface area contributed by atoms with Crippen LogP contribution < -0.4 is 0 Å². The maximum absolute atomic E-state index is 7.25.